The van der Waals surface area contributed by atoms with Gasteiger partial charge in [0.05, 0.1) is 4.90 Å². The Balaban J connectivity index is 1.54. The second-order valence-electron chi connectivity index (χ2n) is 6.69. The van der Waals surface area contributed by atoms with Gasteiger partial charge in [0.2, 0.25) is 5.91 Å². The molecule has 8 heteroatoms. The van der Waals surface area contributed by atoms with Gasteiger partial charge in [0.25, 0.3) is 10.0 Å². The van der Waals surface area contributed by atoms with E-state index in [-0.39, 0.29) is 16.8 Å². The first-order chi connectivity index (χ1) is 12.6. The van der Waals surface area contributed by atoms with Gasteiger partial charge in [0.1, 0.15) is 6.04 Å². The van der Waals surface area contributed by atoms with E-state index in [1.165, 1.54) is 3.97 Å². The summed E-state index contributed by atoms with van der Waals surface area (Å²) in [6.45, 7) is 4.33. The average Bonchev–Trinajstić information content (AvgIpc) is 3.12. The third-order valence-electron chi connectivity index (χ3n) is 5.06. The largest absolute Gasteiger partial charge is 0.353 e. The van der Waals surface area contributed by atoms with Crippen molar-refractivity contribution in [3.8, 4) is 0 Å². The van der Waals surface area contributed by atoms with E-state index in [1.807, 2.05) is 6.07 Å². The van der Waals surface area contributed by atoms with E-state index in [9.17, 15) is 13.2 Å². The Hall–Kier alpha value is -2.16. The molecule has 2 aliphatic rings. The second kappa shape index (κ2) is 6.86. The minimum atomic E-state index is -3.61. The summed E-state index contributed by atoms with van der Waals surface area (Å²) in [6.07, 6.45) is 1.58. The van der Waals surface area contributed by atoms with Crippen LogP contribution in [0.5, 0.6) is 0 Å². The molecule has 26 heavy (non-hydrogen) atoms. The normalized spacial score (nSPS) is 22.0. The minimum absolute atomic E-state index is 0.0632. The first-order valence-electron chi connectivity index (χ1n) is 8.77. The van der Waals surface area contributed by atoms with Gasteiger partial charge in [-0.25, -0.2) is 12.4 Å². The van der Waals surface area contributed by atoms with Crippen molar-refractivity contribution in [2.45, 2.75) is 17.5 Å². The summed E-state index contributed by atoms with van der Waals surface area (Å²) < 4.78 is 27.2. The quantitative estimate of drug-likeness (QED) is 0.836. The van der Waals surface area contributed by atoms with Crippen LogP contribution in [-0.2, 0) is 21.4 Å². The molecular formula is C18H22N4O3S. The molecule has 1 atom stereocenters. The maximum absolute atomic E-state index is 12.9. The SMILES string of the molecule is O=C1NCCN2CCN(Cc3cccn3S(=O)(=O)c3ccccc3)C[C@H]12. The van der Waals surface area contributed by atoms with E-state index in [4.69, 9.17) is 0 Å². The molecule has 0 aliphatic carbocycles. The van der Waals surface area contributed by atoms with Gasteiger partial charge < -0.3 is 5.32 Å². The highest BCUT2D eigenvalue weighted by Crippen LogP contribution is 2.20. The van der Waals surface area contributed by atoms with Crippen LogP contribution in [0.25, 0.3) is 0 Å². The Bertz CT molecular complexity index is 894. The third kappa shape index (κ3) is 3.15. The summed E-state index contributed by atoms with van der Waals surface area (Å²) in [5.74, 6) is 0.0632. The number of benzene rings is 1. The number of rotatable bonds is 4. The van der Waals surface area contributed by atoms with Crippen molar-refractivity contribution in [3.63, 3.8) is 0 Å². The number of aromatic nitrogens is 1. The topological polar surface area (TPSA) is 74.7 Å². The monoisotopic (exact) mass is 374 g/mol. The molecule has 0 saturated carbocycles. The van der Waals surface area contributed by atoms with Gasteiger partial charge in [-0.05, 0) is 24.3 Å². The predicted molar refractivity (Wildman–Crippen MR) is 97.1 cm³/mol. The molecular weight excluding hydrogens is 352 g/mol. The van der Waals surface area contributed by atoms with Gasteiger partial charge in [-0.2, -0.15) is 0 Å². The molecule has 2 aliphatic heterocycles. The van der Waals surface area contributed by atoms with Gasteiger partial charge in [0.15, 0.2) is 0 Å². The van der Waals surface area contributed by atoms with Gasteiger partial charge >= 0.3 is 0 Å². The molecule has 1 aromatic carbocycles. The molecule has 0 radical (unpaired) electrons. The van der Waals surface area contributed by atoms with Gasteiger partial charge in [-0.3, -0.25) is 14.6 Å². The predicted octanol–water partition coefficient (Wildman–Crippen LogP) is 0.341. The summed E-state index contributed by atoms with van der Waals surface area (Å²) >= 11 is 0. The summed E-state index contributed by atoms with van der Waals surface area (Å²) in [5.41, 5.74) is 0.707. The molecule has 4 rings (SSSR count). The fraction of sp³-hybridized carbons (Fsp3) is 0.389. The highest BCUT2D eigenvalue weighted by Gasteiger charge is 2.35. The fourth-order valence-electron chi connectivity index (χ4n) is 3.67. The average molecular weight is 374 g/mol. The van der Waals surface area contributed by atoms with Crippen LogP contribution in [0.3, 0.4) is 0 Å². The number of amides is 1. The van der Waals surface area contributed by atoms with Gasteiger partial charge in [-0.1, -0.05) is 18.2 Å². The van der Waals surface area contributed by atoms with Crippen molar-refractivity contribution >= 4 is 15.9 Å². The maximum atomic E-state index is 12.9. The van der Waals surface area contributed by atoms with E-state index in [0.29, 0.717) is 25.3 Å². The Morgan fingerprint density at radius 1 is 1.04 bits per heavy atom. The van der Waals surface area contributed by atoms with Crippen LogP contribution in [-0.4, -0.2) is 66.9 Å². The number of nitrogens with one attached hydrogen (secondary N) is 1. The Kier molecular flexibility index (Phi) is 4.56. The number of fused-ring (bicyclic) bond motifs is 1. The van der Waals surface area contributed by atoms with Crippen molar-refractivity contribution in [2.75, 3.05) is 32.7 Å². The van der Waals surface area contributed by atoms with E-state index in [0.717, 1.165) is 19.6 Å². The van der Waals surface area contributed by atoms with E-state index in [2.05, 4.69) is 15.1 Å². The fourth-order valence-corrected chi connectivity index (χ4v) is 5.06. The summed E-state index contributed by atoms with van der Waals surface area (Å²) in [7, 11) is -3.61. The van der Waals surface area contributed by atoms with Crippen LogP contribution >= 0.6 is 0 Å². The van der Waals surface area contributed by atoms with Crippen LogP contribution in [0.4, 0.5) is 0 Å². The van der Waals surface area contributed by atoms with Crippen molar-refractivity contribution in [1.82, 2.24) is 19.1 Å². The molecule has 1 N–H and O–H groups in total. The van der Waals surface area contributed by atoms with Crippen molar-refractivity contribution < 1.29 is 13.2 Å². The first kappa shape index (κ1) is 17.3. The molecule has 2 saturated heterocycles. The van der Waals surface area contributed by atoms with Crippen LogP contribution < -0.4 is 5.32 Å². The van der Waals surface area contributed by atoms with E-state index < -0.39 is 10.0 Å². The molecule has 138 valence electrons. The van der Waals surface area contributed by atoms with Crippen molar-refractivity contribution in [2.24, 2.45) is 0 Å². The minimum Gasteiger partial charge on any atom is -0.353 e. The molecule has 1 aromatic heterocycles. The highest BCUT2D eigenvalue weighted by molar-refractivity contribution is 7.90. The Morgan fingerprint density at radius 2 is 1.85 bits per heavy atom. The molecule has 2 fully saturated rings. The lowest BCUT2D eigenvalue weighted by atomic mass is 10.1. The number of piperazine rings is 2. The third-order valence-corrected chi connectivity index (χ3v) is 6.80. The van der Waals surface area contributed by atoms with Crippen LogP contribution in [0.15, 0.2) is 53.6 Å². The number of hydrogen-bond donors (Lipinski definition) is 1. The van der Waals surface area contributed by atoms with E-state index >= 15 is 0 Å². The highest BCUT2D eigenvalue weighted by atomic mass is 32.2. The standard InChI is InChI=1S/C18H22N4O3S/c23-18-17-14-20(11-12-21(17)10-8-19-18)13-15-5-4-9-22(15)26(24,25)16-6-2-1-3-7-16/h1-7,9,17H,8,10-14H2,(H,19,23)/t17-/m1/s1. The summed E-state index contributed by atoms with van der Waals surface area (Å²) in [5, 5.41) is 2.91. The summed E-state index contributed by atoms with van der Waals surface area (Å²) in [4.78, 5) is 16.7. The molecule has 7 nitrogen and oxygen atoms in total. The molecule has 2 aromatic rings. The smallest absolute Gasteiger partial charge is 0.267 e. The van der Waals surface area contributed by atoms with Crippen LogP contribution in [0.1, 0.15) is 5.69 Å². The van der Waals surface area contributed by atoms with Crippen LogP contribution in [0.2, 0.25) is 0 Å². The second-order valence-corrected chi connectivity index (χ2v) is 8.51. The zero-order valence-corrected chi connectivity index (χ0v) is 15.2. The Labute approximate surface area is 153 Å². The first-order valence-corrected chi connectivity index (χ1v) is 10.2. The molecule has 0 unspecified atom stereocenters. The number of hydrogen-bond acceptors (Lipinski definition) is 5. The number of nitrogens with zero attached hydrogens (tertiary/aromatic N) is 3. The van der Waals surface area contributed by atoms with E-state index in [1.54, 1.807) is 42.6 Å². The zero-order chi connectivity index (χ0) is 18.1. The molecule has 0 bridgehead atoms. The molecule has 3 heterocycles. The van der Waals surface area contributed by atoms with Gasteiger partial charge in [0, 0.05) is 51.2 Å². The Morgan fingerprint density at radius 3 is 2.65 bits per heavy atom. The maximum Gasteiger partial charge on any atom is 0.267 e. The zero-order valence-electron chi connectivity index (χ0n) is 14.4. The lowest BCUT2D eigenvalue weighted by Gasteiger charge is -2.43. The number of carbonyl (C=O) groups excluding carboxylic acids is 1. The van der Waals surface area contributed by atoms with Gasteiger partial charge in [-0.15, -0.1) is 0 Å². The lowest BCUT2D eigenvalue weighted by Crippen LogP contribution is -2.63. The summed E-state index contributed by atoms with van der Waals surface area (Å²) in [6, 6.07) is 11.9. The molecule has 1 amide bonds. The van der Waals surface area contributed by atoms with Crippen molar-refractivity contribution in [3.05, 3.63) is 54.4 Å². The van der Waals surface area contributed by atoms with Crippen molar-refractivity contribution in [1.29, 1.82) is 0 Å². The van der Waals surface area contributed by atoms with Crippen LogP contribution in [0, 0.1) is 0 Å². The molecule has 0 spiro atoms. The number of carbonyl (C=O) groups is 1. The lowest BCUT2D eigenvalue weighted by molar-refractivity contribution is -0.132.